The molecule has 31 heavy (non-hydrogen) atoms. The molecule has 0 unspecified atom stereocenters. The van der Waals surface area contributed by atoms with Crippen molar-refractivity contribution >= 4 is 28.1 Å². The Morgan fingerprint density at radius 3 is 2.68 bits per heavy atom. The predicted molar refractivity (Wildman–Crippen MR) is 118 cm³/mol. The number of nitrogens with one attached hydrogen (secondary N) is 1. The largest absolute Gasteiger partial charge is 0.403 e. The van der Waals surface area contributed by atoms with Gasteiger partial charge in [-0.2, -0.15) is 0 Å². The second-order valence-electron chi connectivity index (χ2n) is 7.09. The monoisotopic (exact) mass is 449 g/mol. The molecular weight excluding hydrogens is 424 g/mol. The first kappa shape index (κ1) is 22.6. The maximum atomic E-state index is 14.1. The molecular formula is C20H25F2N7OS. The van der Waals surface area contributed by atoms with E-state index < -0.39 is 17.5 Å². The minimum atomic E-state index is -0.789. The molecule has 7 N–H and O–H groups in total. The molecule has 1 aromatic heterocycles. The van der Waals surface area contributed by atoms with E-state index >= 15 is 0 Å². The van der Waals surface area contributed by atoms with Crippen LogP contribution in [-0.4, -0.2) is 47.8 Å². The summed E-state index contributed by atoms with van der Waals surface area (Å²) in [5.41, 5.74) is 17.6. The molecule has 2 heterocycles. The van der Waals surface area contributed by atoms with Gasteiger partial charge in [-0.25, -0.2) is 13.8 Å². The fourth-order valence-electron chi connectivity index (χ4n) is 3.42. The van der Waals surface area contributed by atoms with Gasteiger partial charge in [-0.15, -0.1) is 0 Å². The minimum absolute atomic E-state index is 0.0255. The van der Waals surface area contributed by atoms with Crippen molar-refractivity contribution in [3.05, 3.63) is 47.4 Å². The van der Waals surface area contributed by atoms with Crippen LogP contribution in [-0.2, 0) is 0 Å². The number of amides is 1. The number of aliphatic imine (C=N–C) groups is 1. The maximum Gasteiger partial charge on any atom is 0.277 e. The third-order valence-corrected chi connectivity index (χ3v) is 5.89. The summed E-state index contributed by atoms with van der Waals surface area (Å²) in [6.45, 7) is 1.40. The summed E-state index contributed by atoms with van der Waals surface area (Å²) < 4.78 is 28.2. The van der Waals surface area contributed by atoms with Crippen LogP contribution in [0.1, 0.15) is 29.8 Å². The number of nitrogens with two attached hydrogens (primary N) is 3. The van der Waals surface area contributed by atoms with Gasteiger partial charge in [-0.05, 0) is 31.4 Å². The first-order valence-electron chi connectivity index (χ1n) is 9.77. The van der Waals surface area contributed by atoms with Crippen LogP contribution in [0.5, 0.6) is 0 Å². The van der Waals surface area contributed by atoms with Crippen LogP contribution in [0, 0.1) is 11.6 Å². The number of likely N-dealkylation sites (tertiary alicyclic amines) is 1. The summed E-state index contributed by atoms with van der Waals surface area (Å²) in [7, 11) is 1.60. The van der Waals surface area contributed by atoms with Crippen LogP contribution < -0.4 is 22.5 Å². The van der Waals surface area contributed by atoms with Crippen molar-refractivity contribution < 1.29 is 13.6 Å². The Balaban J connectivity index is 1.82. The lowest BCUT2D eigenvalue weighted by atomic mass is 10.1. The quantitative estimate of drug-likeness (QED) is 0.417. The van der Waals surface area contributed by atoms with E-state index in [1.165, 1.54) is 12.3 Å². The van der Waals surface area contributed by atoms with Gasteiger partial charge in [0.1, 0.15) is 27.5 Å². The van der Waals surface area contributed by atoms with Crippen molar-refractivity contribution in [3.63, 3.8) is 0 Å². The van der Waals surface area contributed by atoms with E-state index in [4.69, 9.17) is 17.2 Å². The zero-order valence-electron chi connectivity index (χ0n) is 17.1. The van der Waals surface area contributed by atoms with Crippen molar-refractivity contribution in [2.75, 3.05) is 25.9 Å². The highest BCUT2D eigenvalue weighted by atomic mass is 32.1. The second-order valence-corrected chi connectivity index (χ2v) is 8.12. The molecule has 0 saturated carbocycles. The fourth-order valence-corrected chi connectivity index (χ4v) is 4.30. The molecule has 166 valence electrons. The average molecular weight is 450 g/mol. The van der Waals surface area contributed by atoms with Crippen molar-refractivity contribution in [1.82, 2.24) is 15.2 Å². The van der Waals surface area contributed by atoms with Crippen LogP contribution in [0.25, 0.3) is 10.6 Å². The third kappa shape index (κ3) is 5.00. The van der Waals surface area contributed by atoms with Gasteiger partial charge in [-0.1, -0.05) is 17.4 Å². The molecule has 0 bridgehead atoms. The van der Waals surface area contributed by atoms with Crippen LogP contribution in [0.3, 0.4) is 0 Å². The Kier molecular flexibility index (Phi) is 7.18. The number of amidine groups is 1. The highest BCUT2D eigenvalue weighted by Crippen LogP contribution is 2.33. The fraction of sp³-hybridized carbons (Fsp3) is 0.350. The third-order valence-electron chi connectivity index (χ3n) is 4.98. The van der Waals surface area contributed by atoms with Crippen molar-refractivity contribution in [1.29, 1.82) is 0 Å². The summed E-state index contributed by atoms with van der Waals surface area (Å²) >= 11 is 0.825. The van der Waals surface area contributed by atoms with Crippen LogP contribution >= 0.6 is 11.3 Å². The Labute approximate surface area is 182 Å². The molecule has 0 aliphatic carbocycles. The lowest BCUT2D eigenvalue weighted by Crippen LogP contribution is -2.40. The number of aromatic nitrogens is 1. The summed E-state index contributed by atoms with van der Waals surface area (Å²) in [4.78, 5) is 23.2. The summed E-state index contributed by atoms with van der Waals surface area (Å²) in [6.07, 6.45) is 3.83. The van der Waals surface area contributed by atoms with Gasteiger partial charge in [0.05, 0.1) is 11.3 Å². The molecule has 1 aliphatic heterocycles. The maximum absolute atomic E-state index is 14.1. The predicted octanol–water partition coefficient (Wildman–Crippen LogP) is 2.04. The van der Waals surface area contributed by atoms with Crippen molar-refractivity contribution in [2.45, 2.75) is 25.3 Å². The number of nitrogen functional groups attached to an aromatic ring is 1. The number of nitrogens with zero attached hydrogens (tertiary/aromatic N) is 3. The van der Waals surface area contributed by atoms with E-state index in [2.05, 4.69) is 15.3 Å². The molecule has 1 aromatic carbocycles. The molecule has 3 rings (SSSR count). The molecule has 2 aromatic rings. The molecule has 1 fully saturated rings. The zero-order chi connectivity index (χ0) is 22.5. The number of anilines is 1. The first-order chi connectivity index (χ1) is 14.8. The minimum Gasteiger partial charge on any atom is -0.403 e. The highest BCUT2D eigenvalue weighted by molar-refractivity contribution is 7.19. The van der Waals surface area contributed by atoms with E-state index in [0.717, 1.165) is 49.3 Å². The first-order valence-corrected chi connectivity index (χ1v) is 10.6. The summed E-state index contributed by atoms with van der Waals surface area (Å²) in [5.74, 6) is -1.72. The Morgan fingerprint density at radius 2 is 2.03 bits per heavy atom. The topological polar surface area (TPSA) is 136 Å². The molecule has 11 heteroatoms. The lowest BCUT2D eigenvalue weighted by molar-refractivity contribution is 0.0964. The lowest BCUT2D eigenvalue weighted by Gasteiger charge is -2.25. The van der Waals surface area contributed by atoms with Crippen LogP contribution in [0.2, 0.25) is 0 Å². The number of carbonyl (C=O) groups is 1. The number of hydrogen-bond donors (Lipinski definition) is 4. The number of hydrogen-bond acceptors (Lipinski definition) is 7. The van der Waals surface area contributed by atoms with E-state index in [1.807, 2.05) is 4.90 Å². The van der Waals surface area contributed by atoms with E-state index in [9.17, 15) is 13.6 Å². The van der Waals surface area contributed by atoms with Gasteiger partial charge in [-0.3, -0.25) is 9.79 Å². The number of carbonyl (C=O) groups excluding carboxylic acids is 1. The normalized spacial score (nSPS) is 18.1. The second kappa shape index (κ2) is 9.84. The summed E-state index contributed by atoms with van der Waals surface area (Å²) in [6, 6.07) is 3.60. The van der Waals surface area contributed by atoms with Gasteiger partial charge >= 0.3 is 0 Å². The Bertz CT molecular complexity index is 1000. The molecule has 1 aliphatic rings. The summed E-state index contributed by atoms with van der Waals surface area (Å²) in [5, 5.41) is 2.67. The molecule has 1 saturated heterocycles. The zero-order valence-corrected chi connectivity index (χ0v) is 17.9. The molecule has 1 atom stereocenters. The number of rotatable bonds is 4. The number of benzene rings is 1. The molecule has 8 nitrogen and oxygen atoms in total. The van der Waals surface area contributed by atoms with E-state index in [-0.39, 0.29) is 33.0 Å². The van der Waals surface area contributed by atoms with Gasteiger partial charge in [0.25, 0.3) is 5.91 Å². The molecule has 1 amide bonds. The Morgan fingerprint density at radius 1 is 1.32 bits per heavy atom. The highest BCUT2D eigenvalue weighted by Gasteiger charge is 2.25. The van der Waals surface area contributed by atoms with Gasteiger partial charge < -0.3 is 27.4 Å². The van der Waals surface area contributed by atoms with Crippen molar-refractivity contribution in [3.8, 4) is 10.6 Å². The molecule has 0 spiro atoms. The van der Waals surface area contributed by atoms with Gasteiger partial charge in [0.2, 0.25) is 0 Å². The van der Waals surface area contributed by atoms with Crippen LogP contribution in [0.4, 0.5) is 13.8 Å². The van der Waals surface area contributed by atoms with Crippen molar-refractivity contribution in [2.24, 2.45) is 16.5 Å². The van der Waals surface area contributed by atoms with Gasteiger partial charge in [0.15, 0.2) is 5.69 Å². The SMILES string of the molecule is CN=C(/C(=C\N)NC(=O)c1nc(-c2c(F)cccc2F)sc1N)N1CCC[C@H](N)CC1. The smallest absolute Gasteiger partial charge is 0.277 e. The van der Waals surface area contributed by atoms with E-state index in [1.54, 1.807) is 7.05 Å². The molecule has 0 radical (unpaired) electrons. The number of halogens is 2. The van der Waals surface area contributed by atoms with Crippen LogP contribution in [0.15, 0.2) is 35.1 Å². The number of thiazole rings is 1. The average Bonchev–Trinajstić information content (AvgIpc) is 2.98. The van der Waals surface area contributed by atoms with Gasteiger partial charge in [0, 0.05) is 32.4 Å². The standard InChI is InChI=1S/C20H25F2N7OS/c1-26-18(29-8-3-4-11(24)7-9-29)14(10-23)27-19(30)16-17(25)31-20(28-16)15-12(21)5-2-6-13(15)22/h2,5-6,10-11H,3-4,7-9,23-25H2,1H3,(H,27,30)/b14-10+,26-18?/t11-/m0/s1. The van der Waals surface area contributed by atoms with E-state index in [0.29, 0.717) is 12.4 Å². The Hall–Kier alpha value is -3.05.